The van der Waals surface area contributed by atoms with E-state index in [1.54, 1.807) is 0 Å². The first-order valence-electron chi connectivity index (χ1n) is 8.28. The molecule has 1 saturated carbocycles. The average molecular weight is 303 g/mol. The molecule has 1 aliphatic carbocycles. The topological polar surface area (TPSA) is 58.6 Å². The monoisotopic (exact) mass is 303 g/mol. The number of hydrogen-bond donors (Lipinski definition) is 2. The summed E-state index contributed by atoms with van der Waals surface area (Å²) in [6, 6.07) is 7.85. The second-order valence-corrected chi connectivity index (χ2v) is 6.52. The fourth-order valence-electron chi connectivity index (χ4n) is 4.12. The number of carbonyl (C=O) groups is 1. The van der Waals surface area contributed by atoms with Gasteiger partial charge in [0.25, 0.3) is 0 Å². The minimum atomic E-state index is -1.51. The van der Waals surface area contributed by atoms with Crippen LogP contribution in [-0.2, 0) is 15.1 Å². The fraction of sp³-hybridized carbons (Fsp3) is 0.611. The molecule has 0 spiro atoms. The molecular formula is C18H25NO3. The van der Waals surface area contributed by atoms with E-state index >= 15 is 0 Å². The van der Waals surface area contributed by atoms with E-state index < -0.39 is 11.6 Å². The van der Waals surface area contributed by atoms with E-state index in [9.17, 15) is 9.90 Å². The van der Waals surface area contributed by atoms with Gasteiger partial charge in [-0.15, -0.1) is 0 Å². The number of nitrogens with one attached hydrogen (secondary N) is 1. The Morgan fingerprint density at radius 3 is 2.64 bits per heavy atom. The molecule has 2 unspecified atom stereocenters. The van der Waals surface area contributed by atoms with Crippen molar-refractivity contribution >= 4 is 5.97 Å². The molecule has 1 aromatic rings. The van der Waals surface area contributed by atoms with Gasteiger partial charge in [0, 0.05) is 12.5 Å². The molecule has 2 atom stereocenters. The molecule has 22 heavy (non-hydrogen) atoms. The predicted octanol–water partition coefficient (Wildman–Crippen LogP) is 2.31. The van der Waals surface area contributed by atoms with Gasteiger partial charge in [-0.2, -0.15) is 0 Å². The lowest BCUT2D eigenvalue weighted by Gasteiger charge is -2.34. The third kappa shape index (κ3) is 2.55. The van der Waals surface area contributed by atoms with E-state index in [4.69, 9.17) is 4.74 Å². The van der Waals surface area contributed by atoms with Crippen LogP contribution >= 0.6 is 0 Å². The van der Waals surface area contributed by atoms with Crippen LogP contribution in [0.25, 0.3) is 0 Å². The van der Waals surface area contributed by atoms with Crippen molar-refractivity contribution in [1.82, 2.24) is 5.32 Å². The van der Waals surface area contributed by atoms with Crippen molar-refractivity contribution < 1.29 is 14.6 Å². The zero-order valence-corrected chi connectivity index (χ0v) is 13.2. The number of esters is 1. The first-order valence-corrected chi connectivity index (χ1v) is 8.28. The standard InChI is InChI=1S/C18H25NO3/c1-22-17(20)18(21,14-6-2-3-7-14)16-9-5-4-8-15(16)13-10-11-19-12-13/h4-5,8-9,13-14,19,21H,2-3,6-7,10-12H2,1H3. The van der Waals surface area contributed by atoms with Crippen molar-refractivity contribution in [3.8, 4) is 0 Å². The van der Waals surface area contributed by atoms with Gasteiger partial charge in [0.05, 0.1) is 7.11 Å². The maximum absolute atomic E-state index is 12.5. The molecule has 4 heteroatoms. The Morgan fingerprint density at radius 2 is 2.00 bits per heavy atom. The van der Waals surface area contributed by atoms with Crippen molar-refractivity contribution in [2.24, 2.45) is 5.92 Å². The summed E-state index contributed by atoms with van der Waals surface area (Å²) >= 11 is 0. The predicted molar refractivity (Wildman–Crippen MR) is 84.5 cm³/mol. The van der Waals surface area contributed by atoms with E-state index in [-0.39, 0.29) is 5.92 Å². The molecule has 1 heterocycles. The Kier molecular flexibility index (Phi) is 4.50. The van der Waals surface area contributed by atoms with E-state index in [1.165, 1.54) is 7.11 Å². The van der Waals surface area contributed by atoms with E-state index in [1.807, 2.05) is 18.2 Å². The maximum Gasteiger partial charge on any atom is 0.342 e. The quantitative estimate of drug-likeness (QED) is 0.838. The SMILES string of the molecule is COC(=O)C(O)(c1ccccc1C1CCNC1)C1CCCC1. The molecule has 0 amide bonds. The first-order chi connectivity index (χ1) is 10.7. The Morgan fingerprint density at radius 1 is 1.27 bits per heavy atom. The van der Waals surface area contributed by atoms with Gasteiger partial charge in [0.1, 0.15) is 0 Å². The molecule has 3 rings (SSSR count). The van der Waals surface area contributed by atoms with Crippen molar-refractivity contribution in [3.63, 3.8) is 0 Å². The molecule has 1 aliphatic heterocycles. The van der Waals surface area contributed by atoms with Crippen LogP contribution in [0.5, 0.6) is 0 Å². The van der Waals surface area contributed by atoms with Crippen LogP contribution < -0.4 is 5.32 Å². The van der Waals surface area contributed by atoms with Gasteiger partial charge in [-0.05, 0) is 42.9 Å². The molecular weight excluding hydrogens is 278 g/mol. The van der Waals surface area contributed by atoms with Gasteiger partial charge >= 0.3 is 5.97 Å². The summed E-state index contributed by atoms with van der Waals surface area (Å²) in [5, 5.41) is 14.8. The van der Waals surface area contributed by atoms with Crippen LogP contribution in [0.2, 0.25) is 0 Å². The highest BCUT2D eigenvalue weighted by molar-refractivity contribution is 5.82. The fourth-order valence-corrected chi connectivity index (χ4v) is 4.12. The second-order valence-electron chi connectivity index (χ2n) is 6.52. The van der Waals surface area contributed by atoms with Crippen molar-refractivity contribution in [2.75, 3.05) is 20.2 Å². The van der Waals surface area contributed by atoms with Gasteiger partial charge in [-0.25, -0.2) is 4.79 Å². The minimum Gasteiger partial charge on any atom is -0.467 e. The van der Waals surface area contributed by atoms with Gasteiger partial charge < -0.3 is 15.2 Å². The zero-order chi connectivity index (χ0) is 15.6. The molecule has 1 aromatic carbocycles. The van der Waals surface area contributed by atoms with E-state index in [0.29, 0.717) is 5.92 Å². The largest absolute Gasteiger partial charge is 0.467 e. The first kappa shape index (κ1) is 15.5. The number of hydrogen-bond acceptors (Lipinski definition) is 4. The number of carbonyl (C=O) groups excluding carboxylic acids is 1. The lowest BCUT2D eigenvalue weighted by molar-refractivity contribution is -0.170. The van der Waals surface area contributed by atoms with E-state index in [0.717, 1.165) is 56.3 Å². The van der Waals surface area contributed by atoms with Crippen LogP contribution in [0.15, 0.2) is 24.3 Å². The smallest absolute Gasteiger partial charge is 0.342 e. The highest BCUT2D eigenvalue weighted by atomic mass is 16.5. The molecule has 0 radical (unpaired) electrons. The highest BCUT2D eigenvalue weighted by Gasteiger charge is 2.49. The average Bonchev–Trinajstić information content (AvgIpc) is 3.26. The molecule has 2 aliphatic rings. The van der Waals surface area contributed by atoms with Crippen LogP contribution in [0, 0.1) is 5.92 Å². The summed E-state index contributed by atoms with van der Waals surface area (Å²) in [7, 11) is 1.36. The van der Waals surface area contributed by atoms with Crippen LogP contribution in [0.4, 0.5) is 0 Å². The molecule has 0 aromatic heterocycles. The molecule has 4 nitrogen and oxygen atoms in total. The normalized spacial score (nSPS) is 25.1. The number of methoxy groups -OCH3 is 1. The molecule has 2 fully saturated rings. The third-order valence-corrected chi connectivity index (χ3v) is 5.31. The number of rotatable bonds is 4. The summed E-state index contributed by atoms with van der Waals surface area (Å²) in [5.74, 6) is -0.206. The summed E-state index contributed by atoms with van der Waals surface area (Å²) < 4.78 is 5.00. The van der Waals surface area contributed by atoms with Crippen LogP contribution in [0.1, 0.15) is 49.1 Å². The van der Waals surface area contributed by atoms with Crippen LogP contribution in [0.3, 0.4) is 0 Å². The number of aliphatic hydroxyl groups is 1. The zero-order valence-electron chi connectivity index (χ0n) is 13.2. The van der Waals surface area contributed by atoms with Gasteiger partial charge in [-0.3, -0.25) is 0 Å². The third-order valence-electron chi connectivity index (χ3n) is 5.31. The van der Waals surface area contributed by atoms with Crippen molar-refractivity contribution in [2.45, 2.75) is 43.6 Å². The van der Waals surface area contributed by atoms with Crippen molar-refractivity contribution in [1.29, 1.82) is 0 Å². The molecule has 1 saturated heterocycles. The van der Waals surface area contributed by atoms with E-state index in [2.05, 4.69) is 11.4 Å². The number of benzene rings is 1. The van der Waals surface area contributed by atoms with Gasteiger partial charge in [0.15, 0.2) is 5.60 Å². The van der Waals surface area contributed by atoms with Crippen molar-refractivity contribution in [3.05, 3.63) is 35.4 Å². The summed E-state index contributed by atoms with van der Waals surface area (Å²) in [6.45, 7) is 1.89. The Bertz CT molecular complexity index is 533. The molecule has 120 valence electrons. The molecule has 0 bridgehead atoms. The number of ether oxygens (including phenoxy) is 1. The summed E-state index contributed by atoms with van der Waals surface area (Å²) in [5.41, 5.74) is 0.333. The minimum absolute atomic E-state index is 0.0459. The summed E-state index contributed by atoms with van der Waals surface area (Å²) in [4.78, 5) is 12.5. The maximum atomic E-state index is 12.5. The lowest BCUT2D eigenvalue weighted by atomic mass is 9.76. The Hall–Kier alpha value is -1.39. The highest BCUT2D eigenvalue weighted by Crippen LogP contribution is 2.44. The van der Waals surface area contributed by atoms with Crippen LogP contribution in [-0.4, -0.2) is 31.3 Å². The Balaban J connectivity index is 2.06. The van der Waals surface area contributed by atoms with Gasteiger partial charge in [0.2, 0.25) is 0 Å². The molecule has 2 N–H and O–H groups in total. The Labute approximate surface area is 131 Å². The second kappa shape index (κ2) is 6.39. The lowest BCUT2D eigenvalue weighted by Crippen LogP contribution is -2.44. The van der Waals surface area contributed by atoms with Gasteiger partial charge in [-0.1, -0.05) is 37.1 Å². The summed E-state index contributed by atoms with van der Waals surface area (Å²) in [6.07, 6.45) is 4.93.